The average molecular weight is 424 g/mol. The number of esters is 1. The second kappa shape index (κ2) is 10.2. The van der Waals surface area contributed by atoms with Gasteiger partial charge in [0.1, 0.15) is 5.75 Å². The van der Waals surface area contributed by atoms with E-state index in [1.165, 1.54) is 4.90 Å². The topological polar surface area (TPSA) is 114 Å². The van der Waals surface area contributed by atoms with Crippen molar-refractivity contribution in [3.8, 4) is 5.75 Å². The molecule has 3 rings (SSSR count). The van der Waals surface area contributed by atoms with Crippen LogP contribution in [0.4, 0.5) is 0 Å². The van der Waals surface area contributed by atoms with E-state index in [4.69, 9.17) is 9.47 Å². The SMILES string of the molecule is COc1ccccc1CN(C)C(=O)COC(=O)CCNC(=O)c1n[nH]c2ccccc12. The quantitative estimate of drug-likeness (QED) is 0.507. The summed E-state index contributed by atoms with van der Waals surface area (Å²) in [7, 11) is 3.19. The van der Waals surface area contributed by atoms with E-state index in [1.807, 2.05) is 42.5 Å². The molecule has 0 aliphatic rings. The van der Waals surface area contributed by atoms with Gasteiger partial charge in [-0.05, 0) is 12.1 Å². The van der Waals surface area contributed by atoms with Crippen LogP contribution in [0.15, 0.2) is 48.5 Å². The summed E-state index contributed by atoms with van der Waals surface area (Å²) in [6.45, 7) is 0.0284. The lowest BCUT2D eigenvalue weighted by Crippen LogP contribution is -2.32. The van der Waals surface area contributed by atoms with E-state index in [-0.39, 0.29) is 31.2 Å². The van der Waals surface area contributed by atoms with Crippen molar-refractivity contribution in [2.45, 2.75) is 13.0 Å². The molecule has 0 bridgehead atoms. The Balaban J connectivity index is 1.40. The summed E-state index contributed by atoms with van der Waals surface area (Å²) in [5.74, 6) is -0.630. The zero-order valence-corrected chi connectivity index (χ0v) is 17.4. The molecule has 9 heteroatoms. The van der Waals surface area contributed by atoms with Crippen LogP contribution >= 0.6 is 0 Å². The highest BCUT2D eigenvalue weighted by atomic mass is 16.5. The second-order valence-electron chi connectivity index (χ2n) is 6.85. The number of nitrogens with one attached hydrogen (secondary N) is 2. The number of amides is 2. The summed E-state index contributed by atoms with van der Waals surface area (Å²) in [4.78, 5) is 37.9. The van der Waals surface area contributed by atoms with Crippen LogP contribution in [-0.4, -0.2) is 60.2 Å². The number of fused-ring (bicyclic) bond motifs is 1. The number of carbonyl (C=O) groups is 3. The Hall–Kier alpha value is -3.88. The van der Waals surface area contributed by atoms with Gasteiger partial charge in [-0.25, -0.2) is 0 Å². The summed E-state index contributed by atoms with van der Waals surface area (Å²) in [5, 5.41) is 10.1. The number of likely N-dealkylation sites (N-methyl/N-ethyl adjacent to an activating group) is 1. The number of nitrogens with zero attached hydrogens (tertiary/aromatic N) is 2. The molecule has 0 aliphatic carbocycles. The standard InChI is InChI=1S/C22H24N4O5/c1-26(13-15-7-3-6-10-18(15)30-2)19(27)14-31-20(28)11-12-23-22(29)21-16-8-4-5-9-17(16)24-25-21/h3-10H,11-14H2,1-2H3,(H,23,29)(H,24,25). The van der Waals surface area contributed by atoms with Crippen molar-refractivity contribution in [1.29, 1.82) is 0 Å². The highest BCUT2D eigenvalue weighted by Crippen LogP contribution is 2.18. The molecule has 1 heterocycles. The number of ether oxygens (including phenoxy) is 2. The van der Waals surface area contributed by atoms with Gasteiger partial charge in [0.25, 0.3) is 11.8 Å². The number of hydrogen-bond acceptors (Lipinski definition) is 6. The molecule has 0 atom stereocenters. The van der Waals surface area contributed by atoms with Crippen LogP contribution in [0.1, 0.15) is 22.5 Å². The Bertz CT molecular complexity index is 1080. The number of hydrogen-bond donors (Lipinski definition) is 2. The molecule has 3 aromatic rings. The van der Waals surface area contributed by atoms with E-state index in [9.17, 15) is 14.4 Å². The lowest BCUT2D eigenvalue weighted by atomic mass is 10.2. The van der Waals surface area contributed by atoms with Gasteiger partial charge in [-0.2, -0.15) is 5.10 Å². The van der Waals surface area contributed by atoms with Crippen LogP contribution in [0.5, 0.6) is 5.75 Å². The van der Waals surface area contributed by atoms with Crippen LogP contribution in [0.2, 0.25) is 0 Å². The smallest absolute Gasteiger partial charge is 0.308 e. The number of aromatic nitrogens is 2. The van der Waals surface area contributed by atoms with Gasteiger partial charge in [0.15, 0.2) is 12.3 Å². The Labute approximate surface area is 179 Å². The molecule has 162 valence electrons. The van der Waals surface area contributed by atoms with Crippen LogP contribution in [-0.2, 0) is 20.9 Å². The predicted octanol–water partition coefficient (Wildman–Crippen LogP) is 1.89. The first-order chi connectivity index (χ1) is 15.0. The number of carbonyl (C=O) groups excluding carboxylic acids is 3. The van der Waals surface area contributed by atoms with Crippen molar-refractivity contribution < 1.29 is 23.9 Å². The van der Waals surface area contributed by atoms with E-state index < -0.39 is 11.9 Å². The average Bonchev–Trinajstić information content (AvgIpc) is 3.22. The van der Waals surface area contributed by atoms with Crippen molar-refractivity contribution >= 4 is 28.7 Å². The molecule has 0 saturated carbocycles. The summed E-state index contributed by atoms with van der Waals surface area (Å²) in [6, 6.07) is 14.6. The normalized spacial score (nSPS) is 10.5. The lowest BCUT2D eigenvalue weighted by Gasteiger charge is -2.18. The number of methoxy groups -OCH3 is 1. The molecule has 2 amide bonds. The molecule has 0 fully saturated rings. The molecule has 2 N–H and O–H groups in total. The monoisotopic (exact) mass is 424 g/mol. The van der Waals surface area contributed by atoms with Crippen molar-refractivity contribution in [2.24, 2.45) is 0 Å². The van der Waals surface area contributed by atoms with Gasteiger partial charge in [0, 0.05) is 31.1 Å². The van der Waals surface area contributed by atoms with E-state index in [2.05, 4.69) is 15.5 Å². The maximum Gasteiger partial charge on any atom is 0.308 e. The molecule has 0 unspecified atom stereocenters. The Morgan fingerprint density at radius 2 is 1.84 bits per heavy atom. The minimum atomic E-state index is -0.578. The molecule has 2 aromatic carbocycles. The van der Waals surface area contributed by atoms with Gasteiger partial charge in [0.05, 0.1) is 19.0 Å². The minimum Gasteiger partial charge on any atom is -0.496 e. The summed E-state index contributed by atoms with van der Waals surface area (Å²) in [6.07, 6.45) is -0.0579. The third kappa shape index (κ3) is 5.59. The number of H-pyrrole nitrogens is 1. The fourth-order valence-corrected chi connectivity index (χ4v) is 3.00. The number of rotatable bonds is 9. The zero-order chi connectivity index (χ0) is 22.2. The largest absolute Gasteiger partial charge is 0.496 e. The first kappa shape index (κ1) is 21.8. The third-order valence-electron chi connectivity index (χ3n) is 4.68. The van der Waals surface area contributed by atoms with Crippen LogP contribution in [0, 0.1) is 0 Å². The molecule has 0 radical (unpaired) electrons. The molecule has 0 aliphatic heterocycles. The van der Waals surface area contributed by atoms with Gasteiger partial charge >= 0.3 is 5.97 Å². The highest BCUT2D eigenvalue weighted by molar-refractivity contribution is 6.04. The van der Waals surface area contributed by atoms with Gasteiger partial charge < -0.3 is 19.7 Å². The molecule has 1 aromatic heterocycles. The molecule has 0 spiro atoms. The number of para-hydroxylation sites is 2. The predicted molar refractivity (Wildman–Crippen MR) is 113 cm³/mol. The summed E-state index contributed by atoms with van der Waals surface area (Å²) >= 11 is 0. The third-order valence-corrected chi connectivity index (χ3v) is 4.68. The fourth-order valence-electron chi connectivity index (χ4n) is 3.00. The first-order valence-electron chi connectivity index (χ1n) is 9.72. The van der Waals surface area contributed by atoms with E-state index in [1.54, 1.807) is 20.2 Å². The van der Waals surface area contributed by atoms with Gasteiger partial charge in [0.2, 0.25) is 0 Å². The van der Waals surface area contributed by atoms with Crippen molar-refractivity contribution in [3.05, 3.63) is 59.8 Å². The van der Waals surface area contributed by atoms with E-state index in [0.717, 1.165) is 11.1 Å². The molecule has 0 saturated heterocycles. The molecular weight excluding hydrogens is 400 g/mol. The van der Waals surface area contributed by atoms with Gasteiger partial charge in [-0.1, -0.05) is 36.4 Å². The second-order valence-corrected chi connectivity index (χ2v) is 6.85. The highest BCUT2D eigenvalue weighted by Gasteiger charge is 2.16. The molecule has 31 heavy (non-hydrogen) atoms. The number of aromatic amines is 1. The van der Waals surface area contributed by atoms with Crippen LogP contribution in [0.3, 0.4) is 0 Å². The van der Waals surface area contributed by atoms with Gasteiger partial charge in [-0.15, -0.1) is 0 Å². The Kier molecular flexibility index (Phi) is 7.21. The van der Waals surface area contributed by atoms with E-state index in [0.29, 0.717) is 17.7 Å². The van der Waals surface area contributed by atoms with Crippen molar-refractivity contribution in [3.63, 3.8) is 0 Å². The summed E-state index contributed by atoms with van der Waals surface area (Å²) < 4.78 is 10.3. The zero-order valence-electron chi connectivity index (χ0n) is 17.4. The molecular formula is C22H24N4O5. The Morgan fingerprint density at radius 1 is 1.10 bits per heavy atom. The maximum atomic E-state index is 12.3. The maximum absolute atomic E-state index is 12.3. The van der Waals surface area contributed by atoms with Gasteiger partial charge in [-0.3, -0.25) is 19.5 Å². The Morgan fingerprint density at radius 3 is 2.65 bits per heavy atom. The van der Waals surface area contributed by atoms with Crippen LogP contribution in [0.25, 0.3) is 10.9 Å². The fraction of sp³-hybridized carbons (Fsp3) is 0.273. The van der Waals surface area contributed by atoms with Crippen molar-refractivity contribution in [1.82, 2.24) is 20.4 Å². The van der Waals surface area contributed by atoms with E-state index >= 15 is 0 Å². The first-order valence-corrected chi connectivity index (χ1v) is 9.72. The lowest BCUT2D eigenvalue weighted by molar-refractivity contribution is -0.151. The summed E-state index contributed by atoms with van der Waals surface area (Å²) in [5.41, 5.74) is 1.86. The molecule has 9 nitrogen and oxygen atoms in total. The van der Waals surface area contributed by atoms with Crippen LogP contribution < -0.4 is 10.1 Å². The number of benzene rings is 2. The minimum absolute atomic E-state index is 0.0579. The van der Waals surface area contributed by atoms with Crippen molar-refractivity contribution in [2.75, 3.05) is 27.3 Å².